The number of anilines is 2. The third-order valence-electron chi connectivity index (χ3n) is 6.47. The molecule has 0 aliphatic heterocycles. The molecule has 2 heterocycles. The van der Waals surface area contributed by atoms with Crippen LogP contribution in [0, 0.1) is 12.7 Å². The molecule has 1 atom stereocenters. The zero-order valence-corrected chi connectivity index (χ0v) is 21.4. The van der Waals surface area contributed by atoms with Gasteiger partial charge in [-0.15, -0.1) is 0 Å². The average Bonchev–Trinajstić information content (AvgIpc) is 3.06. The van der Waals surface area contributed by atoms with E-state index in [4.69, 9.17) is 14.5 Å². The van der Waals surface area contributed by atoms with Gasteiger partial charge in [0.05, 0.1) is 6.61 Å². The number of aromatic nitrogens is 2. The summed E-state index contributed by atoms with van der Waals surface area (Å²) in [5, 5.41) is 4.28. The number of benzene rings is 1. The molecule has 1 amide bonds. The summed E-state index contributed by atoms with van der Waals surface area (Å²) in [7, 11) is 3.67. The third kappa shape index (κ3) is 5.42. The van der Waals surface area contributed by atoms with Gasteiger partial charge in [0.2, 0.25) is 0 Å². The number of amides is 1. The number of nitrogens with zero attached hydrogens (tertiary/aromatic N) is 3. The summed E-state index contributed by atoms with van der Waals surface area (Å²) in [4.78, 5) is 19.6. The quantitative estimate of drug-likeness (QED) is 0.502. The fourth-order valence-corrected chi connectivity index (χ4v) is 4.70. The van der Waals surface area contributed by atoms with E-state index in [0.29, 0.717) is 30.2 Å². The van der Waals surface area contributed by atoms with Crippen LogP contribution in [-0.4, -0.2) is 52.4 Å². The van der Waals surface area contributed by atoms with E-state index in [9.17, 15) is 9.18 Å². The Morgan fingerprint density at radius 3 is 2.74 bits per heavy atom. The van der Waals surface area contributed by atoms with Crippen LogP contribution >= 0.6 is 0 Å². The van der Waals surface area contributed by atoms with E-state index in [1.54, 1.807) is 20.1 Å². The molecule has 0 spiro atoms. The Hall–Kier alpha value is -3.13. The molecule has 1 N–H and O–H groups in total. The predicted molar refractivity (Wildman–Crippen MR) is 136 cm³/mol. The minimum absolute atomic E-state index is 0.0198. The van der Waals surface area contributed by atoms with Gasteiger partial charge in [-0.3, -0.25) is 0 Å². The third-order valence-corrected chi connectivity index (χ3v) is 6.47. The molecule has 0 saturated carbocycles. The SMILES string of the molecule is COCCN(C(=O)OC(C)(C)C)C1CCc2c(c3ccc(Nc4ccc(C)c(F)c4)nc3n2C)C1. The van der Waals surface area contributed by atoms with Crippen molar-refractivity contribution in [2.24, 2.45) is 7.05 Å². The molecule has 8 heteroatoms. The number of aryl methyl sites for hydroxylation is 2. The highest BCUT2D eigenvalue weighted by molar-refractivity contribution is 5.85. The number of carbonyl (C=O) groups is 1. The maximum Gasteiger partial charge on any atom is 0.410 e. The molecule has 0 bridgehead atoms. The lowest BCUT2D eigenvalue weighted by atomic mass is 9.90. The summed E-state index contributed by atoms with van der Waals surface area (Å²) >= 11 is 0. The van der Waals surface area contributed by atoms with Crippen LogP contribution in [0.15, 0.2) is 30.3 Å². The maximum atomic E-state index is 14.0. The van der Waals surface area contributed by atoms with Crippen LogP contribution in [0.25, 0.3) is 11.0 Å². The van der Waals surface area contributed by atoms with Crippen LogP contribution < -0.4 is 5.32 Å². The molecule has 188 valence electrons. The monoisotopic (exact) mass is 482 g/mol. The first-order chi connectivity index (χ1) is 16.6. The smallest absolute Gasteiger partial charge is 0.410 e. The number of ether oxygens (including phenoxy) is 2. The Labute approximate surface area is 206 Å². The standard InChI is InChI=1S/C27H35FN4O3/c1-17-7-8-18(15-22(17)28)29-24-12-10-20-21-16-19(9-11-23(21)31(5)25(20)30-24)32(13-14-34-6)26(33)35-27(2,3)4/h7-8,10,12,15,19H,9,11,13-14,16H2,1-6H3,(H,29,30). The Morgan fingerprint density at radius 2 is 2.06 bits per heavy atom. The van der Waals surface area contributed by atoms with Crippen LogP contribution in [0.3, 0.4) is 0 Å². The number of hydrogen-bond acceptors (Lipinski definition) is 5. The normalized spacial score (nSPS) is 15.7. The molecular weight excluding hydrogens is 447 g/mol. The number of fused-ring (bicyclic) bond motifs is 3. The van der Waals surface area contributed by atoms with E-state index in [-0.39, 0.29) is 18.0 Å². The Balaban J connectivity index is 1.61. The molecule has 1 aliphatic carbocycles. The second kappa shape index (κ2) is 9.85. The van der Waals surface area contributed by atoms with Crippen LogP contribution in [0.4, 0.5) is 20.7 Å². The summed E-state index contributed by atoms with van der Waals surface area (Å²) < 4.78 is 27.1. The van der Waals surface area contributed by atoms with Gasteiger partial charge in [-0.25, -0.2) is 14.2 Å². The Bertz CT molecular complexity index is 1230. The number of carbonyl (C=O) groups excluding carboxylic acids is 1. The number of pyridine rings is 1. The number of nitrogens with one attached hydrogen (secondary N) is 1. The largest absolute Gasteiger partial charge is 0.444 e. The second-order valence-corrected chi connectivity index (χ2v) is 10.2. The van der Waals surface area contributed by atoms with Crippen LogP contribution in [0.1, 0.15) is 44.0 Å². The first-order valence-electron chi connectivity index (χ1n) is 12.1. The number of rotatable bonds is 6. The lowest BCUT2D eigenvalue weighted by Crippen LogP contribution is -2.47. The summed E-state index contributed by atoms with van der Waals surface area (Å²) in [6, 6.07) is 9.07. The van der Waals surface area contributed by atoms with Gasteiger partial charge >= 0.3 is 6.09 Å². The molecule has 1 aliphatic rings. The van der Waals surface area contributed by atoms with Crippen LogP contribution in [0.2, 0.25) is 0 Å². The van der Waals surface area contributed by atoms with E-state index in [1.165, 1.54) is 17.3 Å². The van der Waals surface area contributed by atoms with E-state index in [0.717, 1.165) is 30.3 Å². The van der Waals surface area contributed by atoms with E-state index < -0.39 is 5.60 Å². The average molecular weight is 483 g/mol. The van der Waals surface area contributed by atoms with Crippen molar-refractivity contribution in [3.63, 3.8) is 0 Å². The second-order valence-electron chi connectivity index (χ2n) is 10.2. The van der Waals surface area contributed by atoms with Gasteiger partial charge in [0.1, 0.15) is 22.9 Å². The van der Waals surface area contributed by atoms with E-state index in [1.807, 2.05) is 44.9 Å². The maximum absolute atomic E-state index is 14.0. The summed E-state index contributed by atoms with van der Waals surface area (Å²) in [6.07, 6.45) is 2.10. The molecule has 4 rings (SSSR count). The highest BCUT2D eigenvalue weighted by Gasteiger charge is 2.33. The zero-order chi connectivity index (χ0) is 25.3. The van der Waals surface area contributed by atoms with Crippen LogP contribution in [-0.2, 0) is 29.4 Å². The molecule has 0 saturated heterocycles. The molecule has 1 aromatic carbocycles. The van der Waals surface area contributed by atoms with Crippen molar-refractivity contribution >= 4 is 28.6 Å². The molecule has 3 aromatic rings. The molecule has 0 fully saturated rings. The Kier molecular flexibility index (Phi) is 7.03. The van der Waals surface area contributed by atoms with Crippen molar-refractivity contribution < 1.29 is 18.7 Å². The molecular formula is C27H35FN4O3. The zero-order valence-electron chi connectivity index (χ0n) is 21.4. The highest BCUT2D eigenvalue weighted by atomic mass is 19.1. The number of methoxy groups -OCH3 is 1. The van der Waals surface area contributed by atoms with Crippen molar-refractivity contribution in [3.05, 3.63) is 53.0 Å². The van der Waals surface area contributed by atoms with E-state index >= 15 is 0 Å². The lowest BCUT2D eigenvalue weighted by molar-refractivity contribution is 0.00879. The number of halogens is 1. The van der Waals surface area contributed by atoms with Gasteiger partial charge in [-0.1, -0.05) is 6.07 Å². The molecule has 1 unspecified atom stereocenters. The first kappa shape index (κ1) is 25.0. The fraction of sp³-hybridized carbons (Fsp3) is 0.481. The topological polar surface area (TPSA) is 68.6 Å². The van der Waals surface area contributed by atoms with Gasteiger partial charge in [0.25, 0.3) is 0 Å². The summed E-state index contributed by atoms with van der Waals surface area (Å²) in [5.41, 5.74) is 4.02. The first-order valence-corrected chi connectivity index (χ1v) is 12.1. The van der Waals surface area contributed by atoms with Crippen LogP contribution in [0.5, 0.6) is 0 Å². The van der Waals surface area contributed by atoms with Crippen molar-refractivity contribution in [3.8, 4) is 0 Å². The summed E-state index contributed by atoms with van der Waals surface area (Å²) in [6.45, 7) is 8.32. The van der Waals surface area contributed by atoms with Crippen molar-refractivity contribution in [2.75, 3.05) is 25.6 Å². The Morgan fingerprint density at radius 1 is 1.29 bits per heavy atom. The van der Waals surface area contributed by atoms with Crippen molar-refractivity contribution in [1.29, 1.82) is 0 Å². The van der Waals surface area contributed by atoms with Gasteiger partial charge in [-0.2, -0.15) is 0 Å². The molecule has 7 nitrogen and oxygen atoms in total. The van der Waals surface area contributed by atoms with Crippen molar-refractivity contribution in [2.45, 2.75) is 58.6 Å². The molecule has 2 aromatic heterocycles. The van der Waals surface area contributed by atoms with E-state index in [2.05, 4.69) is 16.0 Å². The lowest BCUT2D eigenvalue weighted by Gasteiger charge is -2.35. The minimum atomic E-state index is -0.560. The number of hydrogen-bond donors (Lipinski definition) is 1. The van der Waals surface area contributed by atoms with Gasteiger partial charge in [0, 0.05) is 43.5 Å². The van der Waals surface area contributed by atoms with Gasteiger partial charge in [0.15, 0.2) is 0 Å². The van der Waals surface area contributed by atoms with Gasteiger partial charge in [-0.05, 0) is 82.3 Å². The highest BCUT2D eigenvalue weighted by Crippen LogP contribution is 2.34. The summed E-state index contributed by atoms with van der Waals surface area (Å²) in [5.74, 6) is 0.408. The minimum Gasteiger partial charge on any atom is -0.444 e. The fourth-order valence-electron chi connectivity index (χ4n) is 4.70. The molecule has 0 radical (unpaired) electrons. The van der Waals surface area contributed by atoms with Gasteiger partial charge < -0.3 is 24.3 Å². The molecule has 35 heavy (non-hydrogen) atoms. The predicted octanol–water partition coefficient (Wildman–Crippen LogP) is 5.51. The van der Waals surface area contributed by atoms with Crippen molar-refractivity contribution in [1.82, 2.24) is 14.5 Å².